The zero-order valence-corrected chi connectivity index (χ0v) is 10.2. The second-order valence-electron chi connectivity index (χ2n) is 4.44. The van der Waals surface area contributed by atoms with Crippen LogP contribution in [-0.4, -0.2) is 5.11 Å². The molecule has 1 saturated carbocycles. The minimum Gasteiger partial charge on any atom is -0.494 e. The zero-order chi connectivity index (χ0) is 12.5. The SMILES string of the molecule is N#CC1=C(O)NC(S)=C(C#N)C12CCCCC2. The molecule has 1 heterocycles. The molecule has 1 aliphatic carbocycles. The second-order valence-corrected chi connectivity index (χ2v) is 4.89. The summed E-state index contributed by atoms with van der Waals surface area (Å²) in [5.74, 6) is -0.154. The number of aliphatic hydroxyl groups excluding tert-OH is 1. The van der Waals surface area contributed by atoms with Crippen molar-refractivity contribution in [1.29, 1.82) is 10.5 Å². The van der Waals surface area contributed by atoms with Crippen LogP contribution in [0.4, 0.5) is 0 Å². The van der Waals surface area contributed by atoms with Gasteiger partial charge in [0.05, 0.1) is 16.7 Å². The number of allylic oxidation sites excluding steroid dienone is 2. The number of thiol groups is 1. The molecule has 1 fully saturated rings. The van der Waals surface area contributed by atoms with Crippen molar-refractivity contribution in [3.05, 3.63) is 22.1 Å². The summed E-state index contributed by atoms with van der Waals surface area (Å²) >= 11 is 4.20. The summed E-state index contributed by atoms with van der Waals surface area (Å²) in [5, 5.41) is 31.3. The lowest BCUT2D eigenvalue weighted by Crippen LogP contribution is -2.36. The number of nitrogens with zero attached hydrogens (tertiary/aromatic N) is 2. The molecule has 2 aliphatic rings. The Balaban J connectivity index is 2.59. The Labute approximate surface area is 106 Å². The Morgan fingerprint density at radius 3 is 2.24 bits per heavy atom. The highest BCUT2D eigenvalue weighted by atomic mass is 32.1. The lowest BCUT2D eigenvalue weighted by molar-refractivity contribution is 0.266. The lowest BCUT2D eigenvalue weighted by atomic mass is 9.64. The van der Waals surface area contributed by atoms with E-state index in [0.717, 1.165) is 32.1 Å². The third-order valence-electron chi connectivity index (χ3n) is 3.60. The molecule has 0 atom stereocenters. The standard InChI is InChI=1S/C12H13N3OS/c13-6-8-10(16)15-11(17)9(7-14)12(8)4-2-1-3-5-12/h15-17H,1-5H2. The largest absolute Gasteiger partial charge is 0.494 e. The fourth-order valence-corrected chi connectivity index (χ4v) is 3.16. The maximum absolute atomic E-state index is 9.82. The molecule has 2 N–H and O–H groups in total. The van der Waals surface area contributed by atoms with Crippen molar-refractivity contribution in [3.63, 3.8) is 0 Å². The zero-order valence-electron chi connectivity index (χ0n) is 9.32. The fourth-order valence-electron chi connectivity index (χ4n) is 2.79. The molecule has 5 heteroatoms. The van der Waals surface area contributed by atoms with Gasteiger partial charge in [0.25, 0.3) is 0 Å². The minimum atomic E-state index is -0.617. The van der Waals surface area contributed by atoms with Gasteiger partial charge >= 0.3 is 0 Å². The van der Waals surface area contributed by atoms with Crippen LogP contribution in [0.25, 0.3) is 0 Å². The number of hydrogen-bond donors (Lipinski definition) is 3. The van der Waals surface area contributed by atoms with Gasteiger partial charge in [-0.05, 0) is 12.8 Å². The summed E-state index contributed by atoms with van der Waals surface area (Å²) < 4.78 is 0. The van der Waals surface area contributed by atoms with Gasteiger partial charge in [0, 0.05) is 5.41 Å². The Bertz CT molecular complexity index is 449. The summed E-state index contributed by atoms with van der Waals surface area (Å²) in [5.41, 5.74) is 0.148. The molecule has 0 amide bonds. The van der Waals surface area contributed by atoms with Crippen molar-refractivity contribution in [1.82, 2.24) is 5.32 Å². The van der Waals surface area contributed by atoms with E-state index in [2.05, 4.69) is 24.0 Å². The lowest BCUT2D eigenvalue weighted by Gasteiger charge is -2.39. The van der Waals surface area contributed by atoms with Crippen molar-refractivity contribution in [3.8, 4) is 12.1 Å². The maximum Gasteiger partial charge on any atom is 0.204 e. The summed E-state index contributed by atoms with van der Waals surface area (Å²) in [7, 11) is 0. The Hall–Kier alpha value is -1.59. The molecule has 1 aliphatic heterocycles. The molecule has 17 heavy (non-hydrogen) atoms. The molecule has 2 rings (SSSR count). The van der Waals surface area contributed by atoms with Crippen molar-refractivity contribution < 1.29 is 5.11 Å². The Morgan fingerprint density at radius 2 is 1.71 bits per heavy atom. The van der Waals surface area contributed by atoms with E-state index in [9.17, 15) is 15.6 Å². The van der Waals surface area contributed by atoms with Gasteiger partial charge in [-0.1, -0.05) is 19.3 Å². The molecule has 4 nitrogen and oxygen atoms in total. The van der Waals surface area contributed by atoms with Gasteiger partial charge in [-0.2, -0.15) is 10.5 Å². The van der Waals surface area contributed by atoms with Crippen LogP contribution in [0, 0.1) is 28.1 Å². The van der Waals surface area contributed by atoms with Gasteiger partial charge in [-0.3, -0.25) is 0 Å². The van der Waals surface area contributed by atoms with Crippen LogP contribution in [0.3, 0.4) is 0 Å². The first-order valence-corrected chi connectivity index (χ1v) is 6.05. The van der Waals surface area contributed by atoms with E-state index < -0.39 is 5.41 Å². The number of hydrogen-bond acceptors (Lipinski definition) is 5. The average Bonchev–Trinajstić information content (AvgIpc) is 2.30. The first kappa shape index (κ1) is 11.9. The van der Waals surface area contributed by atoms with Gasteiger partial charge in [-0.15, -0.1) is 12.6 Å². The first-order valence-electron chi connectivity index (χ1n) is 5.60. The Morgan fingerprint density at radius 1 is 1.12 bits per heavy atom. The molecule has 0 saturated heterocycles. The number of nitrogens with one attached hydrogen (secondary N) is 1. The monoisotopic (exact) mass is 247 g/mol. The van der Waals surface area contributed by atoms with Crippen LogP contribution < -0.4 is 5.32 Å². The van der Waals surface area contributed by atoms with Crippen LogP contribution >= 0.6 is 12.6 Å². The highest BCUT2D eigenvalue weighted by Crippen LogP contribution is 2.51. The summed E-state index contributed by atoms with van der Waals surface area (Å²) in [6.45, 7) is 0. The van der Waals surface area contributed by atoms with E-state index in [1.807, 2.05) is 6.07 Å². The van der Waals surface area contributed by atoms with Crippen molar-refractivity contribution in [2.24, 2.45) is 5.41 Å². The van der Waals surface area contributed by atoms with Crippen LogP contribution in [0.15, 0.2) is 22.1 Å². The molecule has 0 aromatic carbocycles. The average molecular weight is 247 g/mol. The number of rotatable bonds is 0. The molecule has 88 valence electrons. The molecule has 0 radical (unpaired) electrons. The topological polar surface area (TPSA) is 79.8 Å². The van der Waals surface area contributed by atoms with E-state index in [1.54, 1.807) is 0 Å². The summed E-state index contributed by atoms with van der Waals surface area (Å²) in [6.07, 6.45) is 4.49. The Kier molecular flexibility index (Phi) is 3.04. The van der Waals surface area contributed by atoms with Gasteiger partial charge in [0.2, 0.25) is 5.88 Å². The molecule has 0 aromatic rings. The maximum atomic E-state index is 9.82. The predicted octanol–water partition coefficient (Wildman–Crippen LogP) is 2.50. The van der Waals surface area contributed by atoms with Crippen LogP contribution in [0.2, 0.25) is 0 Å². The first-order chi connectivity index (χ1) is 8.15. The minimum absolute atomic E-state index is 0.154. The van der Waals surface area contributed by atoms with Gasteiger partial charge < -0.3 is 10.4 Å². The summed E-state index contributed by atoms with van der Waals surface area (Å²) in [6, 6.07) is 4.19. The number of dihydropyridines is 1. The third kappa shape index (κ3) is 1.67. The van der Waals surface area contributed by atoms with Crippen LogP contribution in [0.5, 0.6) is 0 Å². The smallest absolute Gasteiger partial charge is 0.204 e. The molecule has 0 unspecified atom stereocenters. The molecule has 0 bridgehead atoms. The van der Waals surface area contributed by atoms with Gasteiger partial charge in [-0.25, -0.2) is 0 Å². The van der Waals surface area contributed by atoms with Gasteiger partial charge in [0.1, 0.15) is 11.6 Å². The van der Waals surface area contributed by atoms with Crippen LogP contribution in [0.1, 0.15) is 32.1 Å². The van der Waals surface area contributed by atoms with Crippen LogP contribution in [-0.2, 0) is 0 Å². The molecule has 1 spiro atoms. The fraction of sp³-hybridized carbons (Fsp3) is 0.500. The van der Waals surface area contributed by atoms with E-state index in [4.69, 9.17) is 0 Å². The number of nitriles is 2. The third-order valence-corrected chi connectivity index (χ3v) is 3.93. The molecular formula is C12H13N3OS. The molecular weight excluding hydrogens is 234 g/mol. The highest BCUT2D eigenvalue weighted by Gasteiger charge is 2.45. The van der Waals surface area contributed by atoms with Crippen molar-refractivity contribution in [2.75, 3.05) is 0 Å². The van der Waals surface area contributed by atoms with E-state index >= 15 is 0 Å². The quantitative estimate of drug-likeness (QED) is 0.574. The highest BCUT2D eigenvalue weighted by molar-refractivity contribution is 7.84. The van der Waals surface area contributed by atoms with E-state index in [-0.39, 0.29) is 11.5 Å². The van der Waals surface area contributed by atoms with E-state index in [0.29, 0.717) is 10.6 Å². The molecule has 0 aromatic heterocycles. The number of aliphatic hydroxyl groups is 1. The van der Waals surface area contributed by atoms with Crippen molar-refractivity contribution >= 4 is 12.6 Å². The normalized spacial score (nSPS) is 23.0. The van der Waals surface area contributed by atoms with E-state index in [1.165, 1.54) is 0 Å². The van der Waals surface area contributed by atoms with Gasteiger partial charge in [0.15, 0.2) is 0 Å². The summed E-state index contributed by atoms with van der Waals surface area (Å²) in [4.78, 5) is 0. The predicted molar refractivity (Wildman–Crippen MR) is 65.5 cm³/mol. The second kappa shape index (κ2) is 4.35. The van der Waals surface area contributed by atoms with Crippen molar-refractivity contribution in [2.45, 2.75) is 32.1 Å².